The van der Waals surface area contributed by atoms with Crippen molar-refractivity contribution in [1.82, 2.24) is 5.32 Å². The molecule has 23 heavy (non-hydrogen) atoms. The molecule has 3 N–H and O–H groups in total. The maximum atomic E-state index is 12.1. The fourth-order valence-corrected chi connectivity index (χ4v) is 2.61. The van der Waals surface area contributed by atoms with Crippen LogP contribution in [-0.4, -0.2) is 18.0 Å². The highest BCUT2D eigenvalue weighted by molar-refractivity contribution is 5.94. The van der Waals surface area contributed by atoms with E-state index < -0.39 is 0 Å². The lowest BCUT2D eigenvalue weighted by molar-refractivity contribution is 0.0929. The quantitative estimate of drug-likeness (QED) is 0.862. The van der Waals surface area contributed by atoms with Gasteiger partial charge in [-0.15, -0.1) is 0 Å². The summed E-state index contributed by atoms with van der Waals surface area (Å²) >= 11 is 0. The molecule has 0 aromatic heterocycles. The minimum absolute atomic E-state index is 0.0867. The van der Waals surface area contributed by atoms with Crippen molar-refractivity contribution in [2.75, 3.05) is 6.54 Å². The molecule has 0 unspecified atom stereocenters. The van der Waals surface area contributed by atoms with Crippen LogP contribution < -0.4 is 15.8 Å². The summed E-state index contributed by atoms with van der Waals surface area (Å²) in [6.07, 6.45) is 3.12. The predicted molar refractivity (Wildman–Crippen MR) is 90.3 cm³/mol. The summed E-state index contributed by atoms with van der Waals surface area (Å²) in [5.74, 6) is 0.663. The van der Waals surface area contributed by atoms with E-state index >= 15 is 0 Å². The predicted octanol–water partition coefficient (Wildman–Crippen LogP) is 2.88. The summed E-state index contributed by atoms with van der Waals surface area (Å²) in [6, 6.07) is 17.2. The van der Waals surface area contributed by atoms with Gasteiger partial charge in [0.15, 0.2) is 0 Å². The maximum absolute atomic E-state index is 12.1. The first-order valence-electron chi connectivity index (χ1n) is 7.99. The van der Waals surface area contributed by atoms with Crippen LogP contribution in [0, 0.1) is 0 Å². The van der Waals surface area contributed by atoms with Crippen molar-refractivity contribution in [1.29, 1.82) is 0 Å². The van der Waals surface area contributed by atoms with Gasteiger partial charge in [-0.3, -0.25) is 4.79 Å². The molecular weight excluding hydrogens is 288 g/mol. The van der Waals surface area contributed by atoms with Crippen LogP contribution in [-0.2, 0) is 6.61 Å². The Morgan fingerprint density at radius 3 is 2.39 bits per heavy atom. The third-order valence-electron chi connectivity index (χ3n) is 4.32. The van der Waals surface area contributed by atoms with Gasteiger partial charge in [0.05, 0.1) is 0 Å². The molecule has 1 fully saturated rings. The number of nitrogens with one attached hydrogen (secondary N) is 1. The van der Waals surface area contributed by atoms with Gasteiger partial charge in [0.2, 0.25) is 0 Å². The number of benzene rings is 2. The molecule has 120 valence electrons. The SMILES string of the molecule is NC1(CNC(=O)c2ccc(OCc3ccccc3)cc2)CCC1. The third kappa shape index (κ3) is 4.11. The summed E-state index contributed by atoms with van der Waals surface area (Å²) < 4.78 is 5.72. The van der Waals surface area contributed by atoms with Crippen LogP contribution in [0.15, 0.2) is 54.6 Å². The van der Waals surface area contributed by atoms with Gasteiger partial charge in [0, 0.05) is 17.6 Å². The van der Waals surface area contributed by atoms with Gasteiger partial charge in [0.25, 0.3) is 5.91 Å². The average molecular weight is 310 g/mol. The van der Waals surface area contributed by atoms with Gasteiger partial charge >= 0.3 is 0 Å². The Balaban J connectivity index is 1.51. The largest absolute Gasteiger partial charge is 0.489 e. The minimum atomic E-state index is -0.200. The standard InChI is InChI=1S/C19H22N2O2/c20-19(11-4-12-19)14-21-18(22)16-7-9-17(10-8-16)23-13-15-5-2-1-3-6-15/h1-3,5-10H,4,11-14,20H2,(H,21,22). The van der Waals surface area contributed by atoms with E-state index in [4.69, 9.17) is 10.5 Å². The van der Waals surface area contributed by atoms with Crippen LogP contribution in [0.3, 0.4) is 0 Å². The Kier molecular flexibility index (Phi) is 4.63. The van der Waals surface area contributed by atoms with Crippen LogP contribution in [0.25, 0.3) is 0 Å². The molecule has 0 atom stereocenters. The van der Waals surface area contributed by atoms with Crippen molar-refractivity contribution in [2.45, 2.75) is 31.4 Å². The Hall–Kier alpha value is -2.33. The zero-order chi connectivity index (χ0) is 16.1. The molecule has 1 saturated carbocycles. The maximum Gasteiger partial charge on any atom is 0.251 e. The first-order chi connectivity index (χ1) is 11.1. The van der Waals surface area contributed by atoms with E-state index in [0.29, 0.717) is 18.7 Å². The fourth-order valence-electron chi connectivity index (χ4n) is 2.61. The molecule has 4 nitrogen and oxygen atoms in total. The summed E-state index contributed by atoms with van der Waals surface area (Å²) in [6.45, 7) is 1.06. The monoisotopic (exact) mass is 310 g/mol. The molecule has 0 aliphatic heterocycles. The van der Waals surface area contributed by atoms with Crippen molar-refractivity contribution >= 4 is 5.91 Å². The summed E-state index contributed by atoms with van der Waals surface area (Å²) in [5, 5.41) is 2.91. The Morgan fingerprint density at radius 1 is 1.09 bits per heavy atom. The average Bonchev–Trinajstić information content (AvgIpc) is 2.57. The molecule has 1 aliphatic rings. The molecule has 1 aliphatic carbocycles. The van der Waals surface area contributed by atoms with Gasteiger partial charge in [-0.25, -0.2) is 0 Å². The molecule has 1 amide bonds. The summed E-state index contributed by atoms with van der Waals surface area (Å²) in [4.78, 5) is 12.1. The van der Waals surface area contributed by atoms with Crippen LogP contribution in [0.1, 0.15) is 35.2 Å². The minimum Gasteiger partial charge on any atom is -0.489 e. The van der Waals surface area contributed by atoms with Crippen molar-refractivity contribution in [2.24, 2.45) is 5.73 Å². The number of ether oxygens (including phenoxy) is 1. The number of rotatable bonds is 6. The summed E-state index contributed by atoms with van der Waals surface area (Å²) in [7, 11) is 0. The molecule has 0 saturated heterocycles. The number of carbonyl (C=O) groups is 1. The van der Waals surface area contributed by atoms with E-state index in [2.05, 4.69) is 5.32 Å². The second-order valence-electron chi connectivity index (χ2n) is 6.20. The summed E-state index contributed by atoms with van der Waals surface area (Å²) in [5.41, 5.74) is 7.65. The first kappa shape index (κ1) is 15.6. The van der Waals surface area contributed by atoms with Crippen LogP contribution >= 0.6 is 0 Å². The van der Waals surface area contributed by atoms with Gasteiger partial charge in [-0.2, -0.15) is 0 Å². The molecule has 0 radical (unpaired) electrons. The molecule has 4 heteroatoms. The number of carbonyl (C=O) groups excluding carboxylic acids is 1. The van der Waals surface area contributed by atoms with E-state index in [1.165, 1.54) is 0 Å². The zero-order valence-corrected chi connectivity index (χ0v) is 13.1. The molecule has 2 aromatic rings. The molecule has 0 heterocycles. The normalized spacial score (nSPS) is 15.5. The Bertz CT molecular complexity index is 649. The lowest BCUT2D eigenvalue weighted by Gasteiger charge is -2.38. The van der Waals surface area contributed by atoms with Crippen molar-refractivity contribution in [3.8, 4) is 5.75 Å². The topological polar surface area (TPSA) is 64.3 Å². The Labute approximate surface area is 136 Å². The number of hydrogen-bond acceptors (Lipinski definition) is 3. The second kappa shape index (κ2) is 6.84. The highest BCUT2D eigenvalue weighted by Crippen LogP contribution is 2.28. The van der Waals surface area contributed by atoms with E-state index in [1.54, 1.807) is 12.1 Å². The smallest absolute Gasteiger partial charge is 0.251 e. The molecule has 3 rings (SSSR count). The van der Waals surface area contributed by atoms with E-state index in [0.717, 1.165) is 30.6 Å². The van der Waals surface area contributed by atoms with Gasteiger partial charge in [-0.1, -0.05) is 30.3 Å². The van der Waals surface area contributed by atoms with Crippen molar-refractivity contribution in [3.05, 3.63) is 65.7 Å². The molecular formula is C19H22N2O2. The van der Waals surface area contributed by atoms with Crippen LogP contribution in [0.4, 0.5) is 0 Å². The number of nitrogens with two attached hydrogens (primary N) is 1. The van der Waals surface area contributed by atoms with Gasteiger partial charge in [-0.05, 0) is 49.1 Å². The molecule has 0 spiro atoms. The van der Waals surface area contributed by atoms with E-state index in [-0.39, 0.29) is 11.4 Å². The third-order valence-corrected chi connectivity index (χ3v) is 4.32. The van der Waals surface area contributed by atoms with Gasteiger partial charge < -0.3 is 15.8 Å². The van der Waals surface area contributed by atoms with Crippen molar-refractivity contribution in [3.63, 3.8) is 0 Å². The van der Waals surface area contributed by atoms with Crippen LogP contribution in [0.5, 0.6) is 5.75 Å². The molecule has 0 bridgehead atoms. The number of amides is 1. The van der Waals surface area contributed by atoms with E-state index in [9.17, 15) is 4.79 Å². The second-order valence-corrected chi connectivity index (χ2v) is 6.20. The molecule has 2 aromatic carbocycles. The Morgan fingerprint density at radius 2 is 1.78 bits per heavy atom. The van der Waals surface area contributed by atoms with Crippen LogP contribution in [0.2, 0.25) is 0 Å². The van der Waals surface area contributed by atoms with Gasteiger partial charge in [0.1, 0.15) is 12.4 Å². The fraction of sp³-hybridized carbons (Fsp3) is 0.316. The first-order valence-corrected chi connectivity index (χ1v) is 7.99. The van der Waals surface area contributed by atoms with Crippen molar-refractivity contribution < 1.29 is 9.53 Å². The highest BCUT2D eigenvalue weighted by Gasteiger charge is 2.32. The number of hydrogen-bond donors (Lipinski definition) is 2. The van der Waals surface area contributed by atoms with E-state index in [1.807, 2.05) is 42.5 Å². The highest BCUT2D eigenvalue weighted by atomic mass is 16.5. The zero-order valence-electron chi connectivity index (χ0n) is 13.1. The lowest BCUT2D eigenvalue weighted by atomic mass is 9.78. The lowest BCUT2D eigenvalue weighted by Crippen LogP contribution is -2.54.